The lowest BCUT2D eigenvalue weighted by molar-refractivity contribution is 1.44. The molecule has 1 heteroatoms. The van der Waals surface area contributed by atoms with Crippen LogP contribution in [0.15, 0.2) is 60.7 Å². The Morgan fingerprint density at radius 2 is 1.58 bits per heavy atom. The van der Waals surface area contributed by atoms with E-state index < -0.39 is 0 Å². The first kappa shape index (κ1) is 11.5. The van der Waals surface area contributed by atoms with Crippen LogP contribution >= 0.6 is 0 Å². The van der Waals surface area contributed by atoms with Gasteiger partial charge >= 0.3 is 0 Å². The van der Waals surface area contributed by atoms with Crippen LogP contribution in [-0.4, -0.2) is 0 Å². The van der Waals surface area contributed by atoms with Crippen LogP contribution in [0.3, 0.4) is 0 Å². The van der Waals surface area contributed by atoms with E-state index in [1.165, 1.54) is 5.56 Å². The van der Waals surface area contributed by atoms with Crippen molar-refractivity contribution in [3.8, 4) is 6.07 Å². The highest BCUT2D eigenvalue weighted by Gasteiger charge is 2.25. The van der Waals surface area contributed by atoms with E-state index >= 15 is 0 Å². The summed E-state index contributed by atoms with van der Waals surface area (Å²) in [5, 5.41) is 9.43. The first-order valence-electron chi connectivity index (χ1n) is 6.23. The average molecular weight is 243 g/mol. The minimum atomic E-state index is 0.685. The number of nitrogens with zero attached hydrogens (tertiary/aromatic N) is 1. The molecule has 1 aliphatic carbocycles. The number of allylic oxidation sites excluding steroid dienone is 2. The van der Waals surface area contributed by atoms with E-state index in [2.05, 4.69) is 49.9 Å². The van der Waals surface area contributed by atoms with E-state index in [9.17, 15) is 5.26 Å². The highest BCUT2D eigenvalue weighted by Crippen LogP contribution is 2.43. The Hall–Kier alpha value is -2.59. The van der Waals surface area contributed by atoms with E-state index in [1.807, 2.05) is 18.2 Å². The van der Waals surface area contributed by atoms with Crippen molar-refractivity contribution in [3.05, 3.63) is 82.9 Å². The summed E-state index contributed by atoms with van der Waals surface area (Å²) in [5.74, 6) is 0. The van der Waals surface area contributed by atoms with Crippen molar-refractivity contribution in [2.24, 2.45) is 0 Å². The van der Waals surface area contributed by atoms with Crippen LogP contribution in [0.4, 0.5) is 0 Å². The fourth-order valence-corrected chi connectivity index (χ4v) is 2.53. The first-order chi connectivity index (χ1) is 9.22. The smallest absolute Gasteiger partial charge is 0.100 e. The van der Waals surface area contributed by atoms with Gasteiger partial charge in [-0.25, -0.2) is 0 Å². The van der Waals surface area contributed by atoms with Crippen molar-refractivity contribution in [3.63, 3.8) is 0 Å². The third-order valence-corrected chi connectivity index (χ3v) is 3.53. The quantitative estimate of drug-likeness (QED) is 0.730. The van der Waals surface area contributed by atoms with Crippen LogP contribution in [0.25, 0.3) is 11.1 Å². The lowest BCUT2D eigenvalue weighted by Gasteiger charge is -2.06. The molecule has 0 spiro atoms. The minimum absolute atomic E-state index is 0.685. The van der Waals surface area contributed by atoms with Gasteiger partial charge < -0.3 is 0 Å². The standard InChI is InChI=1S/C18H13N/c1-12-7-9-14(10-8-12)18-16-6-4-3-5-15(16)13(2)17(18)11-19/h3-10H,2H2,1H3. The van der Waals surface area contributed by atoms with Crippen LogP contribution < -0.4 is 0 Å². The van der Waals surface area contributed by atoms with Gasteiger partial charge in [0.05, 0.1) is 5.57 Å². The molecule has 0 saturated carbocycles. The molecule has 0 atom stereocenters. The Bertz CT molecular complexity index is 740. The predicted molar refractivity (Wildman–Crippen MR) is 78.3 cm³/mol. The van der Waals surface area contributed by atoms with Crippen molar-refractivity contribution in [1.82, 2.24) is 0 Å². The Morgan fingerprint density at radius 3 is 2.21 bits per heavy atom. The summed E-state index contributed by atoms with van der Waals surface area (Å²) in [6.07, 6.45) is 0. The van der Waals surface area contributed by atoms with Gasteiger partial charge in [0.2, 0.25) is 0 Å². The fourth-order valence-electron chi connectivity index (χ4n) is 2.53. The van der Waals surface area contributed by atoms with Crippen molar-refractivity contribution >= 4 is 11.1 Å². The van der Waals surface area contributed by atoms with Gasteiger partial charge in [0, 0.05) is 5.57 Å². The molecular weight excluding hydrogens is 230 g/mol. The van der Waals surface area contributed by atoms with Gasteiger partial charge in [0.25, 0.3) is 0 Å². The molecule has 19 heavy (non-hydrogen) atoms. The topological polar surface area (TPSA) is 23.8 Å². The molecule has 0 bridgehead atoms. The maximum atomic E-state index is 9.43. The predicted octanol–water partition coefficient (Wildman–Crippen LogP) is 4.35. The van der Waals surface area contributed by atoms with Crippen molar-refractivity contribution in [1.29, 1.82) is 5.26 Å². The molecule has 0 heterocycles. The SMILES string of the molecule is C=C1C(C#N)=C(c2ccc(C)cc2)c2ccccc21. The number of nitriles is 1. The van der Waals surface area contributed by atoms with E-state index in [0.29, 0.717) is 5.57 Å². The summed E-state index contributed by atoms with van der Waals surface area (Å²) in [4.78, 5) is 0. The molecule has 0 saturated heterocycles. The third kappa shape index (κ3) is 1.70. The Balaban J connectivity index is 2.28. The second-order valence-corrected chi connectivity index (χ2v) is 4.75. The zero-order valence-corrected chi connectivity index (χ0v) is 10.8. The summed E-state index contributed by atoms with van der Waals surface area (Å²) in [5.41, 5.74) is 6.98. The highest BCUT2D eigenvalue weighted by molar-refractivity contribution is 6.06. The van der Waals surface area contributed by atoms with Gasteiger partial charge in [-0.15, -0.1) is 0 Å². The van der Waals surface area contributed by atoms with Gasteiger partial charge in [-0.1, -0.05) is 60.7 Å². The number of hydrogen-bond donors (Lipinski definition) is 0. The summed E-state index contributed by atoms with van der Waals surface area (Å²) in [6, 6.07) is 18.6. The monoisotopic (exact) mass is 243 g/mol. The molecular formula is C18H13N. The second-order valence-electron chi connectivity index (χ2n) is 4.75. The summed E-state index contributed by atoms with van der Waals surface area (Å²) < 4.78 is 0. The molecule has 1 aliphatic rings. The average Bonchev–Trinajstić information content (AvgIpc) is 2.73. The van der Waals surface area contributed by atoms with Crippen molar-refractivity contribution in [2.45, 2.75) is 6.92 Å². The number of fused-ring (bicyclic) bond motifs is 1. The minimum Gasteiger partial charge on any atom is -0.192 e. The summed E-state index contributed by atoms with van der Waals surface area (Å²) in [6.45, 7) is 6.12. The zero-order chi connectivity index (χ0) is 13.4. The molecule has 0 amide bonds. The second kappa shape index (κ2) is 4.26. The van der Waals surface area contributed by atoms with E-state index in [4.69, 9.17) is 0 Å². The maximum Gasteiger partial charge on any atom is 0.100 e. The molecule has 0 fully saturated rings. The molecule has 3 rings (SSSR count). The van der Waals surface area contributed by atoms with Gasteiger partial charge in [-0.05, 0) is 29.2 Å². The van der Waals surface area contributed by atoms with E-state index in [1.54, 1.807) is 0 Å². The van der Waals surface area contributed by atoms with E-state index in [-0.39, 0.29) is 0 Å². The van der Waals surface area contributed by atoms with Crippen LogP contribution in [-0.2, 0) is 0 Å². The van der Waals surface area contributed by atoms with Crippen LogP contribution in [0.1, 0.15) is 22.3 Å². The Labute approximate surface area is 113 Å². The lowest BCUT2D eigenvalue weighted by atomic mass is 9.97. The van der Waals surface area contributed by atoms with Crippen molar-refractivity contribution < 1.29 is 0 Å². The lowest BCUT2D eigenvalue weighted by Crippen LogP contribution is -1.87. The number of aryl methyl sites for hydroxylation is 1. The normalized spacial score (nSPS) is 13.4. The van der Waals surface area contributed by atoms with Gasteiger partial charge in [0.15, 0.2) is 0 Å². The summed E-state index contributed by atoms with van der Waals surface area (Å²) >= 11 is 0. The van der Waals surface area contributed by atoms with Gasteiger partial charge in [0.1, 0.15) is 6.07 Å². The molecule has 90 valence electrons. The Morgan fingerprint density at radius 1 is 0.947 bits per heavy atom. The highest BCUT2D eigenvalue weighted by atomic mass is 14.3. The summed E-state index contributed by atoms with van der Waals surface area (Å²) in [7, 11) is 0. The number of rotatable bonds is 1. The molecule has 1 nitrogen and oxygen atoms in total. The first-order valence-corrected chi connectivity index (χ1v) is 6.23. The molecule has 0 aliphatic heterocycles. The van der Waals surface area contributed by atoms with Crippen molar-refractivity contribution in [2.75, 3.05) is 0 Å². The third-order valence-electron chi connectivity index (χ3n) is 3.53. The molecule has 2 aromatic rings. The number of benzene rings is 2. The molecule has 0 radical (unpaired) electrons. The Kier molecular flexibility index (Phi) is 2.58. The van der Waals surface area contributed by atoms with Crippen LogP contribution in [0.5, 0.6) is 0 Å². The fraction of sp³-hybridized carbons (Fsp3) is 0.0556. The van der Waals surface area contributed by atoms with Gasteiger partial charge in [-0.3, -0.25) is 0 Å². The molecule has 0 aromatic heterocycles. The van der Waals surface area contributed by atoms with Crippen LogP contribution in [0.2, 0.25) is 0 Å². The van der Waals surface area contributed by atoms with Gasteiger partial charge in [-0.2, -0.15) is 5.26 Å². The maximum absolute atomic E-state index is 9.43. The largest absolute Gasteiger partial charge is 0.192 e. The van der Waals surface area contributed by atoms with Crippen LogP contribution in [0, 0.1) is 18.3 Å². The molecule has 0 unspecified atom stereocenters. The molecule has 2 aromatic carbocycles. The van der Waals surface area contributed by atoms with E-state index in [0.717, 1.165) is 27.8 Å². The molecule has 0 N–H and O–H groups in total. The number of hydrogen-bond acceptors (Lipinski definition) is 1. The zero-order valence-electron chi connectivity index (χ0n) is 10.8.